The lowest BCUT2D eigenvalue weighted by atomic mass is 10.2. The molecule has 0 saturated heterocycles. The second-order valence-corrected chi connectivity index (χ2v) is 5.04. The van der Waals surface area contributed by atoms with Crippen LogP contribution in [0.15, 0.2) is 24.5 Å². The Kier molecular flexibility index (Phi) is 5.04. The zero-order valence-corrected chi connectivity index (χ0v) is 12.8. The first kappa shape index (κ1) is 16.2. The molecule has 23 heavy (non-hydrogen) atoms. The number of carbonyl (C=O) groups is 2. The summed E-state index contributed by atoms with van der Waals surface area (Å²) in [5.74, 6) is -0.833. The third kappa shape index (κ3) is 4.14. The Balaban J connectivity index is 2.09. The van der Waals surface area contributed by atoms with Gasteiger partial charge in [-0.05, 0) is 26.0 Å². The van der Waals surface area contributed by atoms with Crippen LogP contribution in [-0.4, -0.2) is 33.0 Å². The summed E-state index contributed by atoms with van der Waals surface area (Å²) in [6.45, 7) is 3.54. The van der Waals surface area contributed by atoms with E-state index >= 15 is 0 Å². The molecule has 0 aliphatic rings. The molecule has 0 spiro atoms. The number of aryl methyl sites for hydroxylation is 1. The maximum absolute atomic E-state index is 12.2. The first-order chi connectivity index (χ1) is 11.0. The molecule has 2 rings (SSSR count). The van der Waals surface area contributed by atoms with Crippen molar-refractivity contribution in [2.24, 2.45) is 0 Å². The van der Waals surface area contributed by atoms with Crippen LogP contribution in [0.2, 0.25) is 0 Å². The fraction of sp³-hybridized carbons (Fsp3) is 0.267. The van der Waals surface area contributed by atoms with Gasteiger partial charge in [0, 0.05) is 17.9 Å². The van der Waals surface area contributed by atoms with Gasteiger partial charge >= 0.3 is 0 Å². The summed E-state index contributed by atoms with van der Waals surface area (Å²) >= 11 is 0. The molecule has 2 aromatic heterocycles. The van der Waals surface area contributed by atoms with E-state index in [0.717, 1.165) is 5.69 Å². The van der Waals surface area contributed by atoms with Gasteiger partial charge in [-0.3, -0.25) is 19.7 Å². The van der Waals surface area contributed by atoms with Crippen LogP contribution in [0.25, 0.3) is 0 Å². The molecular formula is C15H16N6O2. The number of nitriles is 1. The predicted molar refractivity (Wildman–Crippen MR) is 82.7 cm³/mol. The Morgan fingerprint density at radius 1 is 1.35 bits per heavy atom. The van der Waals surface area contributed by atoms with Crippen molar-refractivity contribution in [3.63, 3.8) is 0 Å². The fourth-order valence-electron chi connectivity index (χ4n) is 1.83. The van der Waals surface area contributed by atoms with Gasteiger partial charge in [0.05, 0.1) is 29.9 Å². The Morgan fingerprint density at radius 2 is 2.13 bits per heavy atom. The third-order valence-corrected chi connectivity index (χ3v) is 3.06. The van der Waals surface area contributed by atoms with E-state index in [1.807, 2.05) is 13.0 Å². The van der Waals surface area contributed by atoms with Crippen molar-refractivity contribution >= 4 is 17.5 Å². The highest BCUT2D eigenvalue weighted by Gasteiger charge is 2.18. The van der Waals surface area contributed by atoms with Gasteiger partial charge in [-0.1, -0.05) is 0 Å². The van der Waals surface area contributed by atoms with Crippen LogP contribution in [0, 0.1) is 18.3 Å². The topological polar surface area (TPSA) is 124 Å². The average molecular weight is 312 g/mol. The summed E-state index contributed by atoms with van der Waals surface area (Å²) in [7, 11) is 0. The van der Waals surface area contributed by atoms with E-state index in [1.54, 1.807) is 19.1 Å². The molecule has 8 nitrogen and oxygen atoms in total. The Labute approximate surface area is 132 Å². The van der Waals surface area contributed by atoms with Gasteiger partial charge < -0.3 is 10.6 Å². The Morgan fingerprint density at radius 3 is 2.78 bits per heavy atom. The van der Waals surface area contributed by atoms with Gasteiger partial charge in [-0.25, -0.2) is 0 Å². The standard InChI is InChI=1S/C15H16N6O2/c1-9-3-4-11(7-17-9)14(22)20-12-8-18-21-13(12)15(23)19-10(2)5-6-16/h3-4,7-8,10H,5H2,1-2H3,(H,18,21)(H,19,23)(H,20,22)/t10-/m0/s1. The predicted octanol–water partition coefficient (Wildman–Crippen LogP) is 1.40. The number of pyridine rings is 1. The largest absolute Gasteiger partial charge is 0.347 e. The minimum absolute atomic E-state index is 0.128. The van der Waals surface area contributed by atoms with Crippen molar-refractivity contribution in [2.75, 3.05) is 5.32 Å². The van der Waals surface area contributed by atoms with Crippen molar-refractivity contribution in [3.8, 4) is 6.07 Å². The lowest BCUT2D eigenvalue weighted by molar-refractivity contribution is 0.0936. The van der Waals surface area contributed by atoms with E-state index in [1.165, 1.54) is 12.4 Å². The van der Waals surface area contributed by atoms with E-state index in [9.17, 15) is 9.59 Å². The minimum Gasteiger partial charge on any atom is -0.347 e. The molecule has 2 amide bonds. The molecule has 1 atom stereocenters. The maximum atomic E-state index is 12.2. The molecule has 0 aliphatic carbocycles. The number of nitrogens with zero attached hydrogens (tertiary/aromatic N) is 3. The van der Waals surface area contributed by atoms with Gasteiger partial charge in [-0.15, -0.1) is 0 Å². The second kappa shape index (κ2) is 7.17. The van der Waals surface area contributed by atoms with Gasteiger partial charge in [0.15, 0.2) is 0 Å². The van der Waals surface area contributed by atoms with E-state index in [2.05, 4.69) is 25.8 Å². The summed E-state index contributed by atoms with van der Waals surface area (Å²) in [4.78, 5) is 28.3. The molecule has 0 unspecified atom stereocenters. The van der Waals surface area contributed by atoms with Crippen molar-refractivity contribution in [2.45, 2.75) is 26.3 Å². The van der Waals surface area contributed by atoms with E-state index in [4.69, 9.17) is 5.26 Å². The normalized spacial score (nSPS) is 11.3. The van der Waals surface area contributed by atoms with Gasteiger partial charge in [-0.2, -0.15) is 10.4 Å². The first-order valence-corrected chi connectivity index (χ1v) is 6.96. The summed E-state index contributed by atoms with van der Waals surface area (Å²) < 4.78 is 0. The summed E-state index contributed by atoms with van der Waals surface area (Å²) in [5, 5.41) is 20.2. The molecule has 3 N–H and O–H groups in total. The highest BCUT2D eigenvalue weighted by atomic mass is 16.2. The number of H-pyrrole nitrogens is 1. The first-order valence-electron chi connectivity index (χ1n) is 6.96. The quantitative estimate of drug-likeness (QED) is 0.770. The molecular weight excluding hydrogens is 296 g/mol. The number of rotatable bonds is 5. The number of carbonyl (C=O) groups excluding carboxylic acids is 2. The number of anilines is 1. The number of hydrogen-bond donors (Lipinski definition) is 3. The van der Waals surface area contributed by atoms with E-state index < -0.39 is 11.8 Å². The van der Waals surface area contributed by atoms with Gasteiger partial charge in [0.25, 0.3) is 11.8 Å². The third-order valence-electron chi connectivity index (χ3n) is 3.06. The molecule has 0 aromatic carbocycles. The van der Waals surface area contributed by atoms with Crippen LogP contribution in [0.4, 0.5) is 5.69 Å². The van der Waals surface area contributed by atoms with Crippen LogP contribution in [0.1, 0.15) is 39.9 Å². The lowest BCUT2D eigenvalue weighted by Gasteiger charge is -2.10. The van der Waals surface area contributed by atoms with E-state index in [0.29, 0.717) is 5.56 Å². The monoisotopic (exact) mass is 312 g/mol. The molecule has 118 valence electrons. The Bertz CT molecular complexity index is 744. The molecule has 0 aliphatic heterocycles. The second-order valence-electron chi connectivity index (χ2n) is 5.04. The number of aromatic amines is 1. The molecule has 2 heterocycles. The zero-order valence-electron chi connectivity index (χ0n) is 12.8. The highest BCUT2D eigenvalue weighted by molar-refractivity contribution is 6.08. The van der Waals surface area contributed by atoms with Crippen molar-refractivity contribution in [3.05, 3.63) is 41.5 Å². The van der Waals surface area contributed by atoms with Crippen molar-refractivity contribution in [1.82, 2.24) is 20.5 Å². The lowest BCUT2D eigenvalue weighted by Crippen LogP contribution is -2.33. The number of amides is 2. The molecule has 0 bridgehead atoms. The molecule has 0 saturated carbocycles. The zero-order chi connectivity index (χ0) is 16.8. The van der Waals surface area contributed by atoms with Crippen LogP contribution >= 0.6 is 0 Å². The van der Waals surface area contributed by atoms with E-state index in [-0.39, 0.29) is 23.8 Å². The Hall–Kier alpha value is -3.21. The average Bonchev–Trinajstić information content (AvgIpc) is 2.96. The SMILES string of the molecule is Cc1ccc(C(=O)Nc2cn[nH]c2C(=O)N[C@@H](C)CC#N)cn1. The van der Waals surface area contributed by atoms with Crippen molar-refractivity contribution in [1.29, 1.82) is 5.26 Å². The smallest absolute Gasteiger partial charge is 0.271 e. The van der Waals surface area contributed by atoms with Crippen molar-refractivity contribution < 1.29 is 9.59 Å². The summed E-state index contributed by atoms with van der Waals surface area (Å²) in [6, 6.07) is 5.04. The molecule has 0 radical (unpaired) electrons. The van der Waals surface area contributed by atoms with Crippen LogP contribution in [-0.2, 0) is 0 Å². The van der Waals surface area contributed by atoms with Crippen LogP contribution in [0.3, 0.4) is 0 Å². The molecule has 0 fully saturated rings. The van der Waals surface area contributed by atoms with Crippen LogP contribution < -0.4 is 10.6 Å². The molecule has 8 heteroatoms. The minimum atomic E-state index is -0.442. The fourth-order valence-corrected chi connectivity index (χ4v) is 1.83. The summed E-state index contributed by atoms with van der Waals surface area (Å²) in [6.07, 6.45) is 3.00. The van der Waals surface area contributed by atoms with Gasteiger partial charge in [0.2, 0.25) is 0 Å². The summed E-state index contributed by atoms with van der Waals surface area (Å²) in [5.41, 5.74) is 1.57. The maximum Gasteiger partial charge on any atom is 0.271 e. The van der Waals surface area contributed by atoms with Crippen LogP contribution in [0.5, 0.6) is 0 Å². The number of aromatic nitrogens is 3. The molecule has 2 aromatic rings. The van der Waals surface area contributed by atoms with Gasteiger partial charge in [0.1, 0.15) is 5.69 Å². The highest BCUT2D eigenvalue weighted by Crippen LogP contribution is 2.13. The number of hydrogen-bond acceptors (Lipinski definition) is 5. The number of nitrogens with one attached hydrogen (secondary N) is 3.